The molecule has 4 nitrogen and oxygen atoms in total. The second-order valence-electron chi connectivity index (χ2n) is 6.02. The molecule has 24 heavy (non-hydrogen) atoms. The molecule has 1 aromatic heterocycles. The first-order chi connectivity index (χ1) is 11.3. The van der Waals surface area contributed by atoms with Gasteiger partial charge in [-0.05, 0) is 62.6 Å². The van der Waals surface area contributed by atoms with Gasteiger partial charge in [0.2, 0.25) is 0 Å². The molecule has 0 saturated carbocycles. The van der Waals surface area contributed by atoms with E-state index in [1.807, 2.05) is 45.0 Å². The van der Waals surface area contributed by atoms with Crippen LogP contribution >= 0.6 is 0 Å². The first-order valence-corrected chi connectivity index (χ1v) is 9.07. The Morgan fingerprint density at radius 3 is 2.33 bits per heavy atom. The van der Waals surface area contributed by atoms with Crippen LogP contribution in [0.3, 0.4) is 0 Å². The van der Waals surface area contributed by atoms with Crippen molar-refractivity contribution in [3.63, 3.8) is 0 Å². The second-order valence-corrected chi connectivity index (χ2v) is 7.53. The van der Waals surface area contributed by atoms with E-state index in [0.29, 0.717) is 11.1 Å². The van der Waals surface area contributed by atoms with Crippen molar-refractivity contribution >= 4 is 21.0 Å². The van der Waals surface area contributed by atoms with Gasteiger partial charge in [0, 0.05) is 11.1 Å². The number of pyridine rings is 1. The Bertz CT molecular complexity index is 1040. The molecule has 0 saturated heterocycles. The third-order valence-corrected chi connectivity index (χ3v) is 5.46. The van der Waals surface area contributed by atoms with Crippen LogP contribution in [0.2, 0.25) is 0 Å². The van der Waals surface area contributed by atoms with Crippen LogP contribution in [0, 0.1) is 27.7 Å². The average Bonchev–Trinajstić information content (AvgIpc) is 2.51. The Balaban J connectivity index is 2.11. The van der Waals surface area contributed by atoms with Crippen molar-refractivity contribution in [1.82, 2.24) is 4.98 Å². The van der Waals surface area contributed by atoms with E-state index in [1.54, 1.807) is 25.1 Å². The summed E-state index contributed by atoms with van der Waals surface area (Å²) in [5, 5.41) is 0.838. The number of para-hydroxylation sites is 1. The van der Waals surface area contributed by atoms with E-state index in [0.717, 1.165) is 22.2 Å². The highest BCUT2D eigenvalue weighted by Crippen LogP contribution is 2.29. The Labute approximate surface area is 142 Å². The predicted octanol–water partition coefficient (Wildman–Crippen LogP) is 4.24. The summed E-state index contributed by atoms with van der Waals surface area (Å²) < 4.78 is 31.0. The first-order valence-electron chi connectivity index (χ1n) is 7.66. The van der Waals surface area contributed by atoms with E-state index in [1.165, 1.54) is 0 Å². The van der Waals surface area contributed by atoms with Crippen LogP contribution in [0.15, 0.2) is 47.4 Å². The topological polar surface area (TPSA) is 56.3 Å². The molecule has 3 aromatic rings. The van der Waals surface area contributed by atoms with Crippen LogP contribution < -0.4 is 4.18 Å². The fourth-order valence-corrected chi connectivity index (χ4v) is 3.89. The maximum atomic E-state index is 12.8. The van der Waals surface area contributed by atoms with E-state index < -0.39 is 10.1 Å². The molecule has 3 rings (SSSR count). The molecule has 0 radical (unpaired) electrons. The molecule has 0 bridgehead atoms. The van der Waals surface area contributed by atoms with Gasteiger partial charge in [0.15, 0.2) is 5.75 Å². The molecule has 0 spiro atoms. The zero-order valence-corrected chi connectivity index (χ0v) is 14.9. The third kappa shape index (κ3) is 2.99. The van der Waals surface area contributed by atoms with Gasteiger partial charge in [-0.3, -0.25) is 0 Å². The highest BCUT2D eigenvalue weighted by molar-refractivity contribution is 7.87. The number of hydrogen-bond acceptors (Lipinski definition) is 4. The molecule has 1 heterocycles. The summed E-state index contributed by atoms with van der Waals surface area (Å²) in [5.41, 5.74) is 3.98. The molecule has 5 heteroatoms. The molecular weight excluding hydrogens is 322 g/mol. The van der Waals surface area contributed by atoms with Gasteiger partial charge in [0.05, 0.1) is 0 Å². The molecule has 0 aliphatic rings. The lowest BCUT2D eigenvalue weighted by Gasteiger charge is -2.13. The Hall–Kier alpha value is -2.40. The highest BCUT2D eigenvalue weighted by atomic mass is 32.2. The molecule has 124 valence electrons. The minimum Gasteiger partial charge on any atom is -0.377 e. The van der Waals surface area contributed by atoms with Gasteiger partial charge >= 0.3 is 10.1 Å². The average molecular weight is 341 g/mol. The molecule has 0 atom stereocenters. The van der Waals surface area contributed by atoms with Crippen molar-refractivity contribution in [2.24, 2.45) is 0 Å². The first kappa shape index (κ1) is 16.5. The molecule has 0 unspecified atom stereocenters. The number of nitrogens with zero attached hydrogens (tertiary/aromatic N) is 1. The van der Waals surface area contributed by atoms with Gasteiger partial charge < -0.3 is 4.18 Å². The number of fused-ring (bicyclic) bond motifs is 1. The summed E-state index contributed by atoms with van der Waals surface area (Å²) in [4.78, 5) is 4.61. The van der Waals surface area contributed by atoms with E-state index in [9.17, 15) is 8.42 Å². The smallest absolute Gasteiger partial charge is 0.339 e. The lowest BCUT2D eigenvalue weighted by Crippen LogP contribution is -2.12. The lowest BCUT2D eigenvalue weighted by atomic mass is 10.1. The fraction of sp³-hybridized carbons (Fsp3) is 0.211. The van der Waals surface area contributed by atoms with Crippen LogP contribution in [-0.2, 0) is 10.1 Å². The van der Waals surface area contributed by atoms with Gasteiger partial charge in [0.1, 0.15) is 10.4 Å². The van der Waals surface area contributed by atoms with E-state index in [2.05, 4.69) is 4.98 Å². The van der Waals surface area contributed by atoms with Crippen LogP contribution in [0.5, 0.6) is 5.75 Å². The second kappa shape index (κ2) is 5.91. The summed E-state index contributed by atoms with van der Waals surface area (Å²) >= 11 is 0. The largest absolute Gasteiger partial charge is 0.377 e. The predicted molar refractivity (Wildman–Crippen MR) is 94.9 cm³/mol. The molecule has 2 aromatic carbocycles. The number of aromatic nitrogens is 1. The molecule has 0 amide bonds. The fourth-order valence-electron chi connectivity index (χ4n) is 2.65. The van der Waals surface area contributed by atoms with E-state index in [-0.39, 0.29) is 10.6 Å². The van der Waals surface area contributed by atoms with Gasteiger partial charge in [-0.1, -0.05) is 24.3 Å². The maximum absolute atomic E-state index is 12.8. The van der Waals surface area contributed by atoms with E-state index >= 15 is 0 Å². The molecule has 0 N–H and O–H groups in total. The Morgan fingerprint density at radius 2 is 1.58 bits per heavy atom. The standard InChI is InChI=1S/C19H19NO3S/c1-12-10-14(3)18(11-13(12)2)24(21,22)23-17-7-5-6-16-9-8-15(4)20-19(16)17/h5-11H,1-4H3. The number of rotatable bonds is 3. The van der Waals surface area contributed by atoms with Crippen molar-refractivity contribution < 1.29 is 12.6 Å². The van der Waals surface area contributed by atoms with Crippen LogP contribution in [0.4, 0.5) is 0 Å². The number of benzene rings is 2. The lowest BCUT2D eigenvalue weighted by molar-refractivity contribution is 0.487. The normalized spacial score (nSPS) is 11.7. The van der Waals surface area contributed by atoms with Gasteiger partial charge in [-0.2, -0.15) is 8.42 Å². The van der Waals surface area contributed by atoms with Crippen molar-refractivity contribution in [1.29, 1.82) is 0 Å². The Kier molecular flexibility index (Phi) is 4.05. The minimum atomic E-state index is -3.93. The van der Waals surface area contributed by atoms with Gasteiger partial charge in [-0.25, -0.2) is 4.98 Å². The van der Waals surface area contributed by atoms with Crippen molar-refractivity contribution in [2.75, 3.05) is 0 Å². The summed E-state index contributed by atoms with van der Waals surface area (Å²) in [6, 6.07) is 12.6. The van der Waals surface area contributed by atoms with Crippen molar-refractivity contribution in [3.8, 4) is 5.75 Å². The van der Waals surface area contributed by atoms with Crippen molar-refractivity contribution in [3.05, 3.63) is 64.8 Å². The monoisotopic (exact) mass is 341 g/mol. The minimum absolute atomic E-state index is 0.190. The van der Waals surface area contributed by atoms with Crippen LogP contribution in [0.25, 0.3) is 10.9 Å². The molecule has 0 aliphatic carbocycles. The molecular formula is C19H19NO3S. The summed E-state index contributed by atoms with van der Waals surface area (Å²) in [7, 11) is -3.93. The number of hydrogen-bond donors (Lipinski definition) is 0. The van der Waals surface area contributed by atoms with Crippen LogP contribution in [0.1, 0.15) is 22.4 Å². The maximum Gasteiger partial charge on any atom is 0.339 e. The highest BCUT2D eigenvalue weighted by Gasteiger charge is 2.21. The zero-order chi connectivity index (χ0) is 17.5. The SMILES string of the molecule is Cc1ccc2cccc(OS(=O)(=O)c3cc(C)c(C)cc3C)c2n1. The van der Waals surface area contributed by atoms with Gasteiger partial charge in [0.25, 0.3) is 0 Å². The van der Waals surface area contributed by atoms with Gasteiger partial charge in [-0.15, -0.1) is 0 Å². The number of aryl methyl sites for hydroxylation is 4. The van der Waals surface area contributed by atoms with E-state index in [4.69, 9.17) is 4.18 Å². The third-order valence-electron chi connectivity index (χ3n) is 4.08. The summed E-state index contributed by atoms with van der Waals surface area (Å²) in [6.07, 6.45) is 0. The summed E-state index contributed by atoms with van der Waals surface area (Å²) in [5.74, 6) is 0.244. The Morgan fingerprint density at radius 1 is 0.875 bits per heavy atom. The summed E-state index contributed by atoms with van der Waals surface area (Å²) in [6.45, 7) is 7.47. The molecule has 0 fully saturated rings. The quantitative estimate of drug-likeness (QED) is 0.669. The van der Waals surface area contributed by atoms with Crippen LogP contribution in [-0.4, -0.2) is 13.4 Å². The zero-order valence-electron chi connectivity index (χ0n) is 14.1. The molecule has 0 aliphatic heterocycles. The van der Waals surface area contributed by atoms with Crippen molar-refractivity contribution in [2.45, 2.75) is 32.6 Å².